The molecule has 1 aromatic heterocycles. The van der Waals surface area contributed by atoms with Crippen molar-refractivity contribution in [1.29, 1.82) is 0 Å². The van der Waals surface area contributed by atoms with Gasteiger partial charge in [-0.3, -0.25) is 4.79 Å². The van der Waals surface area contributed by atoms with E-state index in [1.807, 2.05) is 27.7 Å². The highest BCUT2D eigenvalue weighted by atomic mass is 19.1. The first-order chi connectivity index (χ1) is 15.4. The number of halogens is 1. The van der Waals surface area contributed by atoms with E-state index in [1.165, 1.54) is 0 Å². The smallest absolute Gasteiger partial charge is 0.410 e. The molecule has 1 aliphatic carbocycles. The Kier molecular flexibility index (Phi) is 5.84. The van der Waals surface area contributed by atoms with Crippen molar-refractivity contribution >= 4 is 17.7 Å². The highest BCUT2D eigenvalue weighted by molar-refractivity contribution is 6.00. The summed E-state index contributed by atoms with van der Waals surface area (Å²) in [5.41, 5.74) is 0.242. The Morgan fingerprint density at radius 2 is 2.00 bits per heavy atom. The molecule has 1 N–H and O–H groups in total. The summed E-state index contributed by atoms with van der Waals surface area (Å²) in [7, 11) is 0. The Morgan fingerprint density at radius 3 is 2.61 bits per heavy atom. The van der Waals surface area contributed by atoms with Crippen LogP contribution in [0.25, 0.3) is 11.1 Å². The summed E-state index contributed by atoms with van der Waals surface area (Å²) in [5.74, 6) is 0.538. The van der Waals surface area contributed by atoms with Crippen LogP contribution in [0.3, 0.4) is 0 Å². The normalized spacial score (nSPS) is 19.3. The van der Waals surface area contributed by atoms with Crippen molar-refractivity contribution in [3.8, 4) is 16.9 Å². The number of aryl methyl sites for hydroxylation is 2. The van der Waals surface area contributed by atoms with E-state index in [-0.39, 0.29) is 25.0 Å². The highest BCUT2D eigenvalue weighted by Crippen LogP contribution is 2.42. The van der Waals surface area contributed by atoms with Crippen LogP contribution in [0.1, 0.15) is 51.5 Å². The molecule has 1 aliphatic heterocycles. The highest BCUT2D eigenvalue weighted by Gasteiger charge is 2.50. The number of likely N-dealkylation sites (tertiary alicyclic amines) is 1. The summed E-state index contributed by atoms with van der Waals surface area (Å²) >= 11 is 0. The van der Waals surface area contributed by atoms with Gasteiger partial charge in [0, 0.05) is 24.2 Å². The van der Waals surface area contributed by atoms with E-state index < -0.39 is 17.2 Å². The molecular formula is C24H30FN3O5. The molecule has 1 atom stereocenters. The number of benzene rings is 1. The standard InChI is InChI=1S/C24H30FN3O5/c1-14-20(15(2)33-27-14)18-12-16(26-21(29)24(25)9-10-24)6-7-19(18)31-17-8-11-28(13-17)22(30)32-23(3,4)5/h6-7,12,17H,8-11,13H2,1-5H3,(H,26,29)/t17-/m1/s1. The molecule has 0 spiro atoms. The van der Waals surface area contributed by atoms with E-state index in [0.717, 1.165) is 5.56 Å². The maximum absolute atomic E-state index is 14.1. The van der Waals surface area contributed by atoms with Crippen LogP contribution in [0.2, 0.25) is 0 Å². The van der Waals surface area contributed by atoms with Crippen molar-refractivity contribution in [2.75, 3.05) is 18.4 Å². The Hall–Kier alpha value is -3.10. The van der Waals surface area contributed by atoms with Crippen LogP contribution in [0, 0.1) is 13.8 Å². The first-order valence-electron chi connectivity index (χ1n) is 11.2. The van der Waals surface area contributed by atoms with Crippen LogP contribution < -0.4 is 10.1 Å². The van der Waals surface area contributed by atoms with Gasteiger partial charge in [0.05, 0.1) is 17.8 Å². The van der Waals surface area contributed by atoms with Crippen LogP contribution >= 0.6 is 0 Å². The van der Waals surface area contributed by atoms with Crippen molar-refractivity contribution in [3.63, 3.8) is 0 Å². The first-order valence-corrected chi connectivity index (χ1v) is 11.2. The summed E-state index contributed by atoms with van der Waals surface area (Å²) in [4.78, 5) is 26.2. The second-order valence-electron chi connectivity index (χ2n) is 9.78. The van der Waals surface area contributed by atoms with Crippen LogP contribution in [0.15, 0.2) is 22.7 Å². The van der Waals surface area contributed by atoms with Gasteiger partial charge in [0.1, 0.15) is 23.2 Å². The van der Waals surface area contributed by atoms with Gasteiger partial charge in [-0.1, -0.05) is 5.16 Å². The average Bonchev–Trinajstić information content (AvgIpc) is 3.15. The fourth-order valence-corrected chi connectivity index (χ4v) is 3.85. The number of hydrogen-bond acceptors (Lipinski definition) is 6. The molecule has 2 aliphatic rings. The average molecular weight is 460 g/mol. The van der Waals surface area contributed by atoms with Crippen LogP contribution in [-0.4, -0.2) is 52.5 Å². The van der Waals surface area contributed by atoms with Gasteiger partial charge in [-0.2, -0.15) is 0 Å². The number of amides is 2. The number of carbonyl (C=O) groups excluding carboxylic acids is 2. The lowest BCUT2D eigenvalue weighted by atomic mass is 10.0. The Bertz CT molecular complexity index is 1050. The number of ether oxygens (including phenoxy) is 2. The Labute approximate surface area is 192 Å². The quantitative estimate of drug-likeness (QED) is 0.691. The number of carbonyl (C=O) groups is 2. The molecule has 2 aromatic rings. The first kappa shape index (κ1) is 23.1. The van der Waals surface area contributed by atoms with Gasteiger partial charge >= 0.3 is 6.09 Å². The molecule has 4 rings (SSSR count). The lowest BCUT2D eigenvalue weighted by Gasteiger charge is -2.24. The van der Waals surface area contributed by atoms with Crippen LogP contribution in [0.5, 0.6) is 5.75 Å². The van der Waals surface area contributed by atoms with Crippen molar-refractivity contribution in [2.45, 2.75) is 71.3 Å². The predicted molar refractivity (Wildman–Crippen MR) is 120 cm³/mol. The summed E-state index contributed by atoms with van der Waals surface area (Å²) in [6, 6.07) is 5.16. The van der Waals surface area contributed by atoms with Gasteiger partial charge in [0.15, 0.2) is 5.67 Å². The van der Waals surface area contributed by atoms with E-state index in [2.05, 4.69) is 10.5 Å². The molecule has 33 heavy (non-hydrogen) atoms. The molecule has 178 valence electrons. The molecule has 0 bridgehead atoms. The van der Waals surface area contributed by atoms with Crippen molar-refractivity contribution in [2.24, 2.45) is 0 Å². The third-order valence-corrected chi connectivity index (χ3v) is 5.73. The molecule has 0 radical (unpaired) electrons. The van der Waals surface area contributed by atoms with Crippen LogP contribution in [-0.2, 0) is 9.53 Å². The van der Waals surface area contributed by atoms with E-state index in [9.17, 15) is 14.0 Å². The number of nitrogens with one attached hydrogen (secondary N) is 1. The Morgan fingerprint density at radius 1 is 1.27 bits per heavy atom. The second kappa shape index (κ2) is 8.35. The number of hydrogen-bond donors (Lipinski definition) is 1. The van der Waals surface area contributed by atoms with E-state index in [0.29, 0.717) is 48.0 Å². The zero-order chi connectivity index (χ0) is 24.0. The number of aromatic nitrogens is 1. The molecule has 2 fully saturated rings. The molecule has 1 saturated heterocycles. The number of nitrogens with zero attached hydrogens (tertiary/aromatic N) is 2. The molecular weight excluding hydrogens is 429 g/mol. The molecule has 0 unspecified atom stereocenters. The van der Waals surface area contributed by atoms with Gasteiger partial charge in [-0.05, 0) is 65.7 Å². The fourth-order valence-electron chi connectivity index (χ4n) is 3.85. The lowest BCUT2D eigenvalue weighted by molar-refractivity contribution is -0.122. The maximum atomic E-state index is 14.1. The van der Waals surface area contributed by atoms with Crippen molar-refractivity contribution in [3.05, 3.63) is 29.7 Å². The Balaban J connectivity index is 1.55. The lowest BCUT2D eigenvalue weighted by Crippen LogP contribution is -2.36. The fraction of sp³-hybridized carbons (Fsp3) is 0.542. The SMILES string of the molecule is Cc1noc(C)c1-c1cc(NC(=O)C2(F)CC2)ccc1O[C@@H]1CCN(C(=O)OC(C)(C)C)C1. The zero-order valence-electron chi connectivity index (χ0n) is 19.7. The predicted octanol–water partition coefficient (Wildman–Crippen LogP) is 4.79. The largest absolute Gasteiger partial charge is 0.488 e. The summed E-state index contributed by atoms with van der Waals surface area (Å²) in [6.07, 6.45) is 0.554. The molecule has 2 heterocycles. The minimum atomic E-state index is -1.77. The van der Waals surface area contributed by atoms with Gasteiger partial charge in [-0.25, -0.2) is 9.18 Å². The molecule has 1 aromatic carbocycles. The van der Waals surface area contributed by atoms with E-state index in [1.54, 1.807) is 30.0 Å². The molecule has 8 nitrogen and oxygen atoms in total. The van der Waals surface area contributed by atoms with Gasteiger partial charge in [0.2, 0.25) is 0 Å². The minimum absolute atomic E-state index is 0.224. The molecule has 9 heteroatoms. The summed E-state index contributed by atoms with van der Waals surface area (Å²) in [5, 5.41) is 6.69. The van der Waals surface area contributed by atoms with Crippen molar-refractivity contribution in [1.82, 2.24) is 10.1 Å². The third-order valence-electron chi connectivity index (χ3n) is 5.73. The molecule has 2 amide bonds. The molecule has 1 saturated carbocycles. The second-order valence-corrected chi connectivity index (χ2v) is 9.78. The summed E-state index contributed by atoms with van der Waals surface area (Å²) in [6.45, 7) is 10.1. The number of anilines is 1. The summed E-state index contributed by atoms with van der Waals surface area (Å²) < 4.78 is 31.2. The number of alkyl halides is 1. The maximum Gasteiger partial charge on any atom is 0.410 e. The van der Waals surface area contributed by atoms with E-state index >= 15 is 0 Å². The topological polar surface area (TPSA) is 93.9 Å². The minimum Gasteiger partial charge on any atom is -0.488 e. The van der Waals surface area contributed by atoms with Gasteiger partial charge < -0.3 is 24.2 Å². The zero-order valence-corrected chi connectivity index (χ0v) is 19.7. The third kappa shape index (κ3) is 5.12. The van der Waals surface area contributed by atoms with Crippen LogP contribution in [0.4, 0.5) is 14.9 Å². The van der Waals surface area contributed by atoms with Gasteiger partial charge in [-0.15, -0.1) is 0 Å². The number of rotatable bonds is 5. The van der Waals surface area contributed by atoms with E-state index in [4.69, 9.17) is 14.0 Å². The van der Waals surface area contributed by atoms with Gasteiger partial charge in [0.25, 0.3) is 5.91 Å². The van der Waals surface area contributed by atoms with Crippen molar-refractivity contribution < 1.29 is 28.0 Å². The monoisotopic (exact) mass is 459 g/mol.